The summed E-state index contributed by atoms with van der Waals surface area (Å²) >= 11 is 0. The van der Waals surface area contributed by atoms with Gasteiger partial charge in [0.1, 0.15) is 17.1 Å². The third-order valence-electron chi connectivity index (χ3n) is 5.51. The summed E-state index contributed by atoms with van der Waals surface area (Å²) < 4.78 is 11.6. The van der Waals surface area contributed by atoms with E-state index in [0.717, 1.165) is 5.56 Å². The van der Waals surface area contributed by atoms with E-state index in [2.05, 4.69) is 0 Å². The number of ketones is 2. The van der Waals surface area contributed by atoms with Crippen LogP contribution in [0.25, 0.3) is 11.0 Å². The van der Waals surface area contributed by atoms with Crippen molar-refractivity contribution in [3.63, 3.8) is 0 Å². The molecule has 134 valence electrons. The molecule has 5 rings (SSSR count). The SMILES string of the molecule is O=C1CCC(=O)[C@H]2Oc3c(c(=O)oc4ccccc34)[C@@H](c3ccccc3)C12. The summed E-state index contributed by atoms with van der Waals surface area (Å²) in [7, 11) is 0. The van der Waals surface area contributed by atoms with E-state index in [0.29, 0.717) is 22.3 Å². The van der Waals surface area contributed by atoms with Crippen LogP contribution < -0.4 is 10.4 Å². The second-order valence-corrected chi connectivity index (χ2v) is 7.01. The fourth-order valence-corrected chi connectivity index (χ4v) is 4.30. The number of hydrogen-bond acceptors (Lipinski definition) is 5. The molecule has 5 nitrogen and oxygen atoms in total. The number of fused-ring (bicyclic) bond motifs is 4. The van der Waals surface area contributed by atoms with E-state index < -0.39 is 23.6 Å². The van der Waals surface area contributed by atoms with Gasteiger partial charge in [0.25, 0.3) is 0 Å². The minimum Gasteiger partial charge on any atom is -0.480 e. The normalized spacial score (nSPS) is 24.2. The number of carbonyl (C=O) groups is 2. The first-order valence-electron chi connectivity index (χ1n) is 8.98. The standard InChI is InChI=1S/C22H16O5/c23-14-10-11-15(24)21-18(14)17(12-6-2-1-3-7-12)19-20(27-21)13-8-4-5-9-16(13)26-22(19)25/h1-9,17-18,21H,10-11H2/t17-,18?,21+/m0/s1. The lowest BCUT2D eigenvalue weighted by molar-refractivity contribution is -0.143. The van der Waals surface area contributed by atoms with Crippen LogP contribution in [-0.2, 0) is 9.59 Å². The van der Waals surface area contributed by atoms with E-state index in [-0.39, 0.29) is 24.4 Å². The first-order valence-corrected chi connectivity index (χ1v) is 8.98. The van der Waals surface area contributed by atoms with Gasteiger partial charge in [-0.2, -0.15) is 0 Å². The van der Waals surface area contributed by atoms with Crippen molar-refractivity contribution in [1.29, 1.82) is 0 Å². The van der Waals surface area contributed by atoms with Crippen LogP contribution >= 0.6 is 0 Å². The number of ether oxygens (including phenoxy) is 1. The van der Waals surface area contributed by atoms with E-state index in [1.54, 1.807) is 18.2 Å². The van der Waals surface area contributed by atoms with Crippen molar-refractivity contribution >= 4 is 22.5 Å². The van der Waals surface area contributed by atoms with Crippen LogP contribution in [0, 0.1) is 5.92 Å². The van der Waals surface area contributed by atoms with Crippen LogP contribution in [0.4, 0.5) is 0 Å². The van der Waals surface area contributed by atoms with Crippen LogP contribution in [0.5, 0.6) is 5.75 Å². The zero-order chi connectivity index (χ0) is 18.5. The van der Waals surface area contributed by atoms with Crippen LogP contribution in [0.3, 0.4) is 0 Å². The van der Waals surface area contributed by atoms with Gasteiger partial charge in [0.05, 0.1) is 16.9 Å². The summed E-state index contributed by atoms with van der Waals surface area (Å²) in [5.41, 5.74) is 1.01. The first-order chi connectivity index (χ1) is 13.1. The molecular formula is C22H16O5. The second kappa shape index (κ2) is 5.91. The molecule has 0 N–H and O–H groups in total. The quantitative estimate of drug-likeness (QED) is 0.623. The molecular weight excluding hydrogens is 344 g/mol. The predicted molar refractivity (Wildman–Crippen MR) is 97.9 cm³/mol. The molecule has 0 saturated heterocycles. The highest BCUT2D eigenvalue weighted by molar-refractivity contribution is 6.00. The van der Waals surface area contributed by atoms with E-state index in [9.17, 15) is 14.4 Å². The Morgan fingerprint density at radius 1 is 0.815 bits per heavy atom. The smallest absolute Gasteiger partial charge is 0.343 e. The Balaban J connectivity index is 1.85. The average Bonchev–Trinajstić information content (AvgIpc) is 2.70. The van der Waals surface area contributed by atoms with Crippen LogP contribution in [0.15, 0.2) is 63.8 Å². The molecule has 2 aromatic carbocycles. The molecule has 1 aliphatic carbocycles. The maximum absolute atomic E-state index is 12.9. The van der Waals surface area contributed by atoms with Crippen molar-refractivity contribution in [2.45, 2.75) is 24.9 Å². The second-order valence-electron chi connectivity index (χ2n) is 7.01. The monoisotopic (exact) mass is 360 g/mol. The maximum atomic E-state index is 12.9. The molecule has 3 atom stereocenters. The summed E-state index contributed by atoms with van der Waals surface area (Å²) in [5.74, 6) is -1.04. The molecule has 1 fully saturated rings. The topological polar surface area (TPSA) is 73.6 Å². The molecule has 2 aliphatic rings. The third-order valence-corrected chi connectivity index (χ3v) is 5.51. The predicted octanol–water partition coefficient (Wildman–Crippen LogP) is 3.23. The summed E-state index contributed by atoms with van der Waals surface area (Å²) in [6.07, 6.45) is -0.508. The Morgan fingerprint density at radius 2 is 1.52 bits per heavy atom. The van der Waals surface area contributed by atoms with Crippen molar-refractivity contribution in [1.82, 2.24) is 0 Å². The number of benzene rings is 2. The zero-order valence-corrected chi connectivity index (χ0v) is 14.4. The molecule has 0 spiro atoms. The lowest BCUT2D eigenvalue weighted by atomic mass is 9.69. The summed E-state index contributed by atoms with van der Waals surface area (Å²) in [4.78, 5) is 38.3. The number of hydrogen-bond donors (Lipinski definition) is 0. The van der Waals surface area contributed by atoms with Crippen LogP contribution in [0.2, 0.25) is 0 Å². The van der Waals surface area contributed by atoms with Crippen molar-refractivity contribution in [3.8, 4) is 5.75 Å². The van der Waals surface area contributed by atoms with E-state index in [1.165, 1.54) is 0 Å². The highest BCUT2D eigenvalue weighted by atomic mass is 16.5. The largest absolute Gasteiger partial charge is 0.480 e. The van der Waals surface area contributed by atoms with Crippen molar-refractivity contribution in [2.24, 2.45) is 5.92 Å². The Bertz CT molecular complexity index is 1130. The average molecular weight is 360 g/mol. The Labute approximate surface area is 154 Å². The highest BCUT2D eigenvalue weighted by Gasteiger charge is 2.50. The zero-order valence-electron chi connectivity index (χ0n) is 14.4. The number of carbonyl (C=O) groups excluding carboxylic acids is 2. The fraction of sp³-hybridized carbons (Fsp3) is 0.227. The Kier molecular flexibility index (Phi) is 3.50. The molecule has 3 aromatic rings. The van der Waals surface area contributed by atoms with Gasteiger partial charge >= 0.3 is 5.63 Å². The number of para-hydroxylation sites is 1. The fourth-order valence-electron chi connectivity index (χ4n) is 4.30. The van der Waals surface area contributed by atoms with E-state index >= 15 is 0 Å². The highest BCUT2D eigenvalue weighted by Crippen LogP contribution is 2.47. The molecule has 27 heavy (non-hydrogen) atoms. The Hall–Kier alpha value is -3.21. The minimum absolute atomic E-state index is 0.0494. The van der Waals surface area contributed by atoms with Gasteiger partial charge in [0, 0.05) is 18.8 Å². The molecule has 0 bridgehead atoms. The summed E-state index contributed by atoms with van der Waals surface area (Å²) in [5, 5.41) is 0.636. The lowest BCUT2D eigenvalue weighted by Crippen LogP contribution is -2.50. The van der Waals surface area contributed by atoms with Crippen molar-refractivity contribution in [2.75, 3.05) is 0 Å². The maximum Gasteiger partial charge on any atom is 0.343 e. The number of Topliss-reactive ketones (excluding diaryl/α,β-unsaturated/α-hetero) is 2. The van der Waals surface area contributed by atoms with Crippen LogP contribution in [-0.4, -0.2) is 17.7 Å². The van der Waals surface area contributed by atoms with Gasteiger partial charge in [-0.1, -0.05) is 42.5 Å². The van der Waals surface area contributed by atoms with Gasteiger partial charge < -0.3 is 9.15 Å². The molecule has 1 aromatic heterocycles. The van der Waals surface area contributed by atoms with E-state index in [4.69, 9.17) is 9.15 Å². The molecule has 1 saturated carbocycles. The van der Waals surface area contributed by atoms with Crippen molar-refractivity contribution < 1.29 is 18.7 Å². The summed E-state index contributed by atoms with van der Waals surface area (Å²) in [6, 6.07) is 16.4. The van der Waals surface area contributed by atoms with Gasteiger partial charge in [-0.3, -0.25) is 9.59 Å². The molecule has 0 radical (unpaired) electrons. The molecule has 5 heteroatoms. The van der Waals surface area contributed by atoms with Gasteiger partial charge in [0.2, 0.25) is 0 Å². The molecule has 0 amide bonds. The van der Waals surface area contributed by atoms with E-state index in [1.807, 2.05) is 36.4 Å². The van der Waals surface area contributed by atoms with Gasteiger partial charge in [0.15, 0.2) is 11.9 Å². The minimum atomic E-state index is -0.867. The molecule has 1 unspecified atom stereocenters. The van der Waals surface area contributed by atoms with Gasteiger partial charge in [-0.25, -0.2) is 4.79 Å². The molecule has 1 aliphatic heterocycles. The van der Waals surface area contributed by atoms with Crippen LogP contribution in [0.1, 0.15) is 29.9 Å². The molecule has 2 heterocycles. The number of rotatable bonds is 1. The first kappa shape index (κ1) is 16.0. The third kappa shape index (κ3) is 2.35. The van der Waals surface area contributed by atoms with Gasteiger partial charge in [-0.15, -0.1) is 0 Å². The summed E-state index contributed by atoms with van der Waals surface area (Å²) in [6.45, 7) is 0. The van der Waals surface area contributed by atoms with Crippen molar-refractivity contribution in [3.05, 3.63) is 76.1 Å². The Morgan fingerprint density at radius 3 is 2.33 bits per heavy atom. The lowest BCUT2D eigenvalue weighted by Gasteiger charge is -2.40. The van der Waals surface area contributed by atoms with Gasteiger partial charge in [-0.05, 0) is 17.7 Å².